The van der Waals surface area contributed by atoms with Crippen LogP contribution in [0.25, 0.3) is 16.8 Å². The number of carbonyl (C=O) groups excluding carboxylic acids is 1. The predicted octanol–water partition coefficient (Wildman–Crippen LogP) is 5.95. The van der Waals surface area contributed by atoms with Crippen molar-refractivity contribution in [3.63, 3.8) is 0 Å². The summed E-state index contributed by atoms with van der Waals surface area (Å²) in [6, 6.07) is 6.85. The van der Waals surface area contributed by atoms with Gasteiger partial charge in [-0.3, -0.25) is 4.98 Å². The van der Waals surface area contributed by atoms with Crippen LogP contribution >= 0.6 is 23.2 Å². The number of benzene rings is 1. The number of unbranched alkanes of at least 4 members (excludes halogenated alkanes) is 1. The van der Waals surface area contributed by atoms with E-state index in [4.69, 9.17) is 32.7 Å². The van der Waals surface area contributed by atoms with E-state index in [1.165, 1.54) is 17.2 Å². The van der Waals surface area contributed by atoms with Crippen LogP contribution in [-0.2, 0) is 15.9 Å². The third-order valence-electron chi connectivity index (χ3n) is 5.78. The van der Waals surface area contributed by atoms with Gasteiger partial charge in [-0.05, 0) is 37.0 Å². The molecule has 0 radical (unpaired) electrons. The molecule has 34 heavy (non-hydrogen) atoms. The highest BCUT2D eigenvalue weighted by Crippen LogP contribution is 2.36. The van der Waals surface area contributed by atoms with Gasteiger partial charge in [0.25, 0.3) is 0 Å². The average molecular weight is 508 g/mol. The van der Waals surface area contributed by atoms with Crippen molar-refractivity contribution in [2.24, 2.45) is 5.92 Å². The lowest BCUT2D eigenvalue weighted by Gasteiger charge is -2.14. The standard InChI is InChI=1S/C25H31Cl2N3O4/c1-4-7-8-16(5-2)15-33-14-13-19-28-23-21(24(31)34-6-3)20(17-9-11-18(26)12-10-17)22(27)30(23)25(32)29-19/h9-12,16H,4-8,13-15H2,1-3H3,(H,28,29,32). The van der Waals surface area contributed by atoms with Gasteiger partial charge < -0.3 is 9.47 Å². The van der Waals surface area contributed by atoms with Gasteiger partial charge in [0.05, 0.1) is 13.2 Å². The molecule has 0 aliphatic heterocycles. The highest BCUT2D eigenvalue weighted by molar-refractivity contribution is 6.34. The summed E-state index contributed by atoms with van der Waals surface area (Å²) in [5.41, 5.74) is 0.828. The molecule has 0 amide bonds. The van der Waals surface area contributed by atoms with Crippen LogP contribution in [0.1, 0.15) is 62.6 Å². The third-order valence-corrected chi connectivity index (χ3v) is 6.39. The van der Waals surface area contributed by atoms with Gasteiger partial charge in [0, 0.05) is 23.6 Å². The van der Waals surface area contributed by atoms with Crippen LogP contribution in [0.3, 0.4) is 0 Å². The minimum absolute atomic E-state index is 0.0821. The van der Waals surface area contributed by atoms with Gasteiger partial charge in [-0.1, -0.05) is 68.4 Å². The number of nitrogens with one attached hydrogen (secondary N) is 1. The maximum absolute atomic E-state index is 12.9. The van der Waals surface area contributed by atoms with Gasteiger partial charge in [-0.25, -0.2) is 19.0 Å². The molecule has 2 heterocycles. The number of rotatable bonds is 12. The molecule has 0 saturated carbocycles. The molecular weight excluding hydrogens is 477 g/mol. The second-order valence-electron chi connectivity index (χ2n) is 8.16. The molecule has 7 nitrogen and oxygen atoms in total. The molecule has 0 fully saturated rings. The molecule has 0 saturated heterocycles. The molecule has 1 N–H and O–H groups in total. The van der Waals surface area contributed by atoms with Gasteiger partial charge in [-0.15, -0.1) is 0 Å². The molecular formula is C25H31Cl2N3O4. The Labute approximate surface area is 209 Å². The van der Waals surface area contributed by atoms with E-state index >= 15 is 0 Å². The molecule has 3 aromatic rings. The van der Waals surface area contributed by atoms with Crippen LogP contribution in [0.2, 0.25) is 10.2 Å². The Kier molecular flexibility index (Phi) is 9.56. The molecule has 2 aromatic heterocycles. The van der Waals surface area contributed by atoms with E-state index in [1.807, 2.05) is 0 Å². The van der Waals surface area contributed by atoms with Gasteiger partial charge in [-0.2, -0.15) is 0 Å². The first-order chi connectivity index (χ1) is 16.4. The lowest BCUT2D eigenvalue weighted by molar-refractivity contribution is 0.0529. The lowest BCUT2D eigenvalue weighted by Crippen LogP contribution is -2.22. The molecule has 9 heteroatoms. The summed E-state index contributed by atoms with van der Waals surface area (Å²) >= 11 is 12.6. The summed E-state index contributed by atoms with van der Waals surface area (Å²) in [4.78, 5) is 33.2. The van der Waals surface area contributed by atoms with E-state index < -0.39 is 11.7 Å². The number of ether oxygens (including phenoxy) is 2. The number of nitrogens with zero attached hydrogens (tertiary/aromatic N) is 2. The van der Waals surface area contributed by atoms with Crippen molar-refractivity contribution < 1.29 is 14.3 Å². The van der Waals surface area contributed by atoms with Crippen LogP contribution in [0, 0.1) is 5.92 Å². The van der Waals surface area contributed by atoms with Gasteiger partial charge in [0.1, 0.15) is 16.5 Å². The Balaban J connectivity index is 1.93. The molecule has 184 valence electrons. The number of aromatic amines is 1. The fraction of sp³-hybridized carbons (Fsp3) is 0.480. The van der Waals surface area contributed by atoms with Crippen molar-refractivity contribution in [1.82, 2.24) is 14.4 Å². The van der Waals surface area contributed by atoms with Crippen LogP contribution in [0.4, 0.5) is 0 Å². The highest BCUT2D eigenvalue weighted by Gasteiger charge is 2.27. The number of hydrogen-bond acceptors (Lipinski definition) is 5. The SMILES string of the molecule is CCCCC(CC)COCCc1nc2c(C(=O)OCC)c(-c3ccc(Cl)cc3)c(Cl)n2c(=O)[nH]1. The number of carbonyl (C=O) groups is 1. The number of hydrogen-bond donors (Lipinski definition) is 1. The van der Waals surface area contributed by atoms with Gasteiger partial charge >= 0.3 is 11.7 Å². The van der Waals surface area contributed by atoms with E-state index in [9.17, 15) is 9.59 Å². The number of esters is 1. The minimum atomic E-state index is -0.598. The molecule has 1 atom stereocenters. The van der Waals surface area contributed by atoms with E-state index in [-0.39, 0.29) is 23.0 Å². The van der Waals surface area contributed by atoms with Crippen molar-refractivity contribution in [2.45, 2.75) is 52.9 Å². The summed E-state index contributed by atoms with van der Waals surface area (Å²) in [6.07, 6.45) is 4.97. The van der Waals surface area contributed by atoms with Crippen LogP contribution in [0.15, 0.2) is 29.1 Å². The Hall–Kier alpha value is -2.35. The maximum Gasteiger partial charge on any atom is 0.342 e. The number of H-pyrrole nitrogens is 1. The zero-order valence-electron chi connectivity index (χ0n) is 19.8. The van der Waals surface area contributed by atoms with Gasteiger partial charge in [0.2, 0.25) is 0 Å². The van der Waals surface area contributed by atoms with E-state index in [0.29, 0.717) is 47.5 Å². The van der Waals surface area contributed by atoms with Crippen molar-refractivity contribution in [1.29, 1.82) is 0 Å². The lowest BCUT2D eigenvalue weighted by atomic mass is 10.0. The zero-order valence-corrected chi connectivity index (χ0v) is 21.3. The monoisotopic (exact) mass is 507 g/mol. The summed E-state index contributed by atoms with van der Waals surface area (Å²) in [5, 5.41) is 0.623. The number of fused-ring (bicyclic) bond motifs is 1. The van der Waals surface area contributed by atoms with Crippen molar-refractivity contribution in [2.75, 3.05) is 19.8 Å². The molecule has 0 aliphatic rings. The topological polar surface area (TPSA) is 85.7 Å². The Morgan fingerprint density at radius 3 is 2.56 bits per heavy atom. The maximum atomic E-state index is 12.9. The fourth-order valence-corrected chi connectivity index (χ4v) is 4.36. The molecule has 0 bridgehead atoms. The molecule has 0 aliphatic carbocycles. The second-order valence-corrected chi connectivity index (χ2v) is 8.95. The van der Waals surface area contributed by atoms with Crippen LogP contribution in [0.5, 0.6) is 0 Å². The molecule has 0 spiro atoms. The zero-order chi connectivity index (χ0) is 24.7. The number of halogens is 2. The van der Waals surface area contributed by atoms with Crippen LogP contribution in [-0.4, -0.2) is 40.2 Å². The second kappa shape index (κ2) is 12.4. The Morgan fingerprint density at radius 2 is 1.91 bits per heavy atom. The minimum Gasteiger partial charge on any atom is -0.462 e. The first-order valence-electron chi connectivity index (χ1n) is 11.7. The summed E-state index contributed by atoms with van der Waals surface area (Å²) in [7, 11) is 0. The first kappa shape index (κ1) is 26.3. The normalized spacial score (nSPS) is 12.3. The third kappa shape index (κ3) is 6.01. The Bertz CT molecular complexity index is 1170. The Morgan fingerprint density at radius 1 is 1.18 bits per heavy atom. The first-order valence-corrected chi connectivity index (χ1v) is 12.5. The van der Waals surface area contributed by atoms with Gasteiger partial charge in [0.15, 0.2) is 5.65 Å². The average Bonchev–Trinajstić information content (AvgIpc) is 3.12. The van der Waals surface area contributed by atoms with Crippen molar-refractivity contribution in [3.8, 4) is 11.1 Å². The summed E-state index contributed by atoms with van der Waals surface area (Å²) < 4.78 is 12.3. The van der Waals surface area contributed by atoms with E-state index in [0.717, 1.165) is 12.8 Å². The fourth-order valence-electron chi connectivity index (χ4n) is 3.87. The molecule has 3 rings (SSSR count). The largest absolute Gasteiger partial charge is 0.462 e. The molecule has 1 unspecified atom stereocenters. The van der Waals surface area contributed by atoms with E-state index in [2.05, 4.69) is 23.8 Å². The molecule has 1 aromatic carbocycles. The quantitative estimate of drug-likeness (QED) is 0.241. The van der Waals surface area contributed by atoms with E-state index in [1.54, 1.807) is 31.2 Å². The predicted molar refractivity (Wildman–Crippen MR) is 135 cm³/mol. The summed E-state index contributed by atoms with van der Waals surface area (Å²) in [5.74, 6) is 0.344. The highest BCUT2D eigenvalue weighted by atomic mass is 35.5. The van der Waals surface area contributed by atoms with Crippen molar-refractivity contribution >= 4 is 34.8 Å². The van der Waals surface area contributed by atoms with Crippen molar-refractivity contribution in [3.05, 3.63) is 56.3 Å². The smallest absolute Gasteiger partial charge is 0.342 e. The van der Waals surface area contributed by atoms with Crippen LogP contribution < -0.4 is 5.69 Å². The summed E-state index contributed by atoms with van der Waals surface area (Å²) in [6.45, 7) is 7.33. The number of aromatic nitrogens is 3.